The maximum atomic E-state index is 11.4. The van der Waals surface area contributed by atoms with Crippen molar-refractivity contribution in [3.63, 3.8) is 0 Å². The summed E-state index contributed by atoms with van der Waals surface area (Å²) in [6.07, 6.45) is 4.61. The van der Waals surface area contributed by atoms with E-state index >= 15 is 0 Å². The van der Waals surface area contributed by atoms with Gasteiger partial charge in [0.05, 0.1) is 10.5 Å². The van der Waals surface area contributed by atoms with Crippen molar-refractivity contribution in [2.45, 2.75) is 31.7 Å². The molecule has 6 nitrogen and oxygen atoms in total. The lowest BCUT2D eigenvalue weighted by Gasteiger charge is -2.38. The van der Waals surface area contributed by atoms with E-state index < -0.39 is 0 Å². The lowest BCUT2D eigenvalue weighted by atomic mass is 9.88. The highest BCUT2D eigenvalue weighted by atomic mass is 16.6. The van der Waals surface area contributed by atoms with E-state index in [9.17, 15) is 15.2 Å². The first-order valence-corrected chi connectivity index (χ1v) is 8.09. The molecular weight excluding hydrogens is 282 g/mol. The first-order chi connectivity index (χ1) is 10.7. The van der Waals surface area contributed by atoms with Gasteiger partial charge >= 0.3 is 0 Å². The number of benzene rings is 1. The van der Waals surface area contributed by atoms with E-state index in [1.165, 1.54) is 25.0 Å². The van der Waals surface area contributed by atoms with Crippen molar-refractivity contribution >= 4 is 5.69 Å². The van der Waals surface area contributed by atoms with Crippen LogP contribution in [0.4, 0.5) is 5.69 Å². The van der Waals surface area contributed by atoms with Crippen LogP contribution in [-0.2, 0) is 0 Å². The van der Waals surface area contributed by atoms with E-state index in [0.717, 1.165) is 39.0 Å². The van der Waals surface area contributed by atoms with Crippen molar-refractivity contribution in [2.24, 2.45) is 5.92 Å². The Balaban J connectivity index is 2.00. The van der Waals surface area contributed by atoms with Crippen LogP contribution in [0.5, 0.6) is 5.75 Å². The van der Waals surface area contributed by atoms with Crippen molar-refractivity contribution in [1.29, 1.82) is 0 Å². The summed E-state index contributed by atoms with van der Waals surface area (Å²) in [5.74, 6) is 0.553. The minimum Gasteiger partial charge on any atom is -0.508 e. The largest absolute Gasteiger partial charge is 0.508 e. The molecule has 0 aromatic heterocycles. The fraction of sp³-hybridized carbons (Fsp3) is 0.625. The molecule has 6 heteroatoms. The van der Waals surface area contributed by atoms with E-state index in [4.69, 9.17) is 0 Å². The van der Waals surface area contributed by atoms with Gasteiger partial charge in [-0.1, -0.05) is 12.8 Å². The van der Waals surface area contributed by atoms with Crippen LogP contribution < -0.4 is 5.32 Å². The van der Waals surface area contributed by atoms with Crippen molar-refractivity contribution in [3.8, 4) is 5.75 Å². The number of hydrogen-bond acceptors (Lipinski definition) is 5. The number of nitro benzene ring substituents is 1. The molecule has 0 radical (unpaired) electrons. The third-order valence-corrected chi connectivity index (χ3v) is 4.92. The first-order valence-electron chi connectivity index (χ1n) is 8.09. The molecule has 3 rings (SSSR count). The van der Waals surface area contributed by atoms with Crippen LogP contribution in [0.2, 0.25) is 0 Å². The van der Waals surface area contributed by atoms with Gasteiger partial charge in [0.15, 0.2) is 0 Å². The molecule has 2 aliphatic rings. The fourth-order valence-electron chi connectivity index (χ4n) is 3.93. The Bertz CT molecular complexity index is 537. The van der Waals surface area contributed by atoms with Crippen molar-refractivity contribution < 1.29 is 10.0 Å². The predicted octanol–water partition coefficient (Wildman–Crippen LogP) is 2.44. The number of nitro groups is 1. The van der Waals surface area contributed by atoms with Gasteiger partial charge in [0.1, 0.15) is 5.75 Å². The molecule has 2 fully saturated rings. The van der Waals surface area contributed by atoms with Gasteiger partial charge < -0.3 is 10.4 Å². The van der Waals surface area contributed by atoms with Gasteiger partial charge in [-0.25, -0.2) is 0 Å². The molecule has 0 spiro atoms. The summed E-state index contributed by atoms with van der Waals surface area (Å²) < 4.78 is 0. The van der Waals surface area contributed by atoms with Crippen LogP contribution >= 0.6 is 0 Å². The smallest absolute Gasteiger partial charge is 0.274 e. The fourth-order valence-corrected chi connectivity index (χ4v) is 3.93. The molecule has 1 aromatic carbocycles. The Morgan fingerprint density at radius 3 is 2.59 bits per heavy atom. The number of nitrogens with zero attached hydrogens (tertiary/aromatic N) is 2. The first kappa shape index (κ1) is 15.2. The molecule has 1 atom stereocenters. The molecule has 1 saturated heterocycles. The summed E-state index contributed by atoms with van der Waals surface area (Å²) in [5, 5.41) is 24.6. The standard InChI is InChI=1S/C16H23N3O3/c20-13-5-6-15(19(21)22)14(11-13)16(12-3-1-2-4-12)18-9-7-17-8-10-18/h5-6,11-12,16-17,20H,1-4,7-10H2/t16-/m0/s1. The van der Waals surface area contributed by atoms with Crippen LogP contribution in [-0.4, -0.2) is 41.1 Å². The number of aromatic hydroxyl groups is 1. The Morgan fingerprint density at radius 2 is 1.95 bits per heavy atom. The van der Waals surface area contributed by atoms with Gasteiger partial charge in [-0.15, -0.1) is 0 Å². The molecule has 1 aliphatic heterocycles. The molecule has 0 unspecified atom stereocenters. The minimum absolute atomic E-state index is 0.0390. The van der Waals surface area contributed by atoms with Gasteiger partial charge in [-0.2, -0.15) is 0 Å². The topological polar surface area (TPSA) is 78.6 Å². The molecule has 1 aliphatic carbocycles. The van der Waals surface area contributed by atoms with E-state index in [-0.39, 0.29) is 22.4 Å². The number of phenolic OH excluding ortho intramolecular Hbond substituents is 1. The van der Waals surface area contributed by atoms with Gasteiger partial charge in [-0.05, 0) is 30.9 Å². The average molecular weight is 305 g/mol. The molecule has 1 aromatic rings. The van der Waals surface area contributed by atoms with Crippen molar-refractivity contribution in [1.82, 2.24) is 10.2 Å². The van der Waals surface area contributed by atoms with Gasteiger partial charge in [0, 0.05) is 38.3 Å². The zero-order chi connectivity index (χ0) is 15.5. The predicted molar refractivity (Wildman–Crippen MR) is 83.9 cm³/mol. The number of hydrogen-bond donors (Lipinski definition) is 2. The van der Waals surface area contributed by atoms with Gasteiger partial charge in [-0.3, -0.25) is 15.0 Å². The summed E-state index contributed by atoms with van der Waals surface area (Å²) >= 11 is 0. The van der Waals surface area contributed by atoms with Crippen LogP contribution in [0.15, 0.2) is 18.2 Å². The van der Waals surface area contributed by atoms with Crippen LogP contribution in [0.1, 0.15) is 37.3 Å². The summed E-state index contributed by atoms with van der Waals surface area (Å²) in [5.41, 5.74) is 0.812. The summed E-state index contributed by atoms with van der Waals surface area (Å²) in [6, 6.07) is 4.49. The molecule has 22 heavy (non-hydrogen) atoms. The molecule has 0 bridgehead atoms. The summed E-state index contributed by atoms with van der Waals surface area (Å²) in [7, 11) is 0. The van der Waals surface area contributed by atoms with Gasteiger partial charge in [0.25, 0.3) is 5.69 Å². The van der Waals surface area contributed by atoms with Crippen LogP contribution in [0, 0.1) is 16.0 Å². The molecule has 0 amide bonds. The average Bonchev–Trinajstić information content (AvgIpc) is 3.02. The second kappa shape index (κ2) is 6.62. The highest BCUT2D eigenvalue weighted by Gasteiger charge is 2.35. The minimum atomic E-state index is -0.321. The maximum absolute atomic E-state index is 11.4. The lowest BCUT2D eigenvalue weighted by molar-refractivity contribution is -0.386. The summed E-state index contributed by atoms with van der Waals surface area (Å²) in [6.45, 7) is 3.62. The third-order valence-electron chi connectivity index (χ3n) is 4.92. The number of nitrogens with one attached hydrogen (secondary N) is 1. The summed E-state index contributed by atoms with van der Waals surface area (Å²) in [4.78, 5) is 13.5. The normalized spacial score (nSPS) is 21.8. The van der Waals surface area contributed by atoms with Gasteiger partial charge in [0.2, 0.25) is 0 Å². The quantitative estimate of drug-likeness (QED) is 0.660. The Labute approximate surface area is 130 Å². The Hall–Kier alpha value is -1.66. The van der Waals surface area contributed by atoms with Crippen LogP contribution in [0.3, 0.4) is 0 Å². The van der Waals surface area contributed by atoms with E-state index in [1.807, 2.05) is 0 Å². The lowest BCUT2D eigenvalue weighted by Crippen LogP contribution is -2.46. The number of phenols is 1. The van der Waals surface area contributed by atoms with E-state index in [2.05, 4.69) is 10.2 Å². The third kappa shape index (κ3) is 3.08. The Morgan fingerprint density at radius 1 is 1.27 bits per heavy atom. The molecule has 120 valence electrons. The molecule has 2 N–H and O–H groups in total. The van der Waals surface area contributed by atoms with Crippen LogP contribution in [0.25, 0.3) is 0 Å². The van der Waals surface area contributed by atoms with E-state index in [1.54, 1.807) is 6.07 Å². The number of rotatable bonds is 4. The maximum Gasteiger partial charge on any atom is 0.274 e. The highest BCUT2D eigenvalue weighted by Crippen LogP contribution is 2.43. The highest BCUT2D eigenvalue weighted by molar-refractivity contribution is 5.47. The molecule has 1 saturated carbocycles. The van der Waals surface area contributed by atoms with E-state index in [0.29, 0.717) is 11.5 Å². The zero-order valence-electron chi connectivity index (χ0n) is 12.7. The molecular formula is C16H23N3O3. The Kier molecular flexibility index (Phi) is 4.59. The molecule has 1 heterocycles. The SMILES string of the molecule is O=[N+]([O-])c1ccc(O)cc1[C@H](C1CCCC1)N1CCNCC1. The second-order valence-corrected chi connectivity index (χ2v) is 6.28. The second-order valence-electron chi connectivity index (χ2n) is 6.28. The monoisotopic (exact) mass is 305 g/mol. The zero-order valence-corrected chi connectivity index (χ0v) is 12.7. The number of piperazine rings is 1. The van der Waals surface area contributed by atoms with Crippen molar-refractivity contribution in [2.75, 3.05) is 26.2 Å². The van der Waals surface area contributed by atoms with Crippen molar-refractivity contribution in [3.05, 3.63) is 33.9 Å².